The second-order valence-corrected chi connectivity index (χ2v) is 5.16. The lowest BCUT2D eigenvalue weighted by Crippen LogP contribution is -2.18. The van der Waals surface area contributed by atoms with Crippen LogP contribution in [0.1, 0.15) is 29.2 Å². The molecule has 1 aromatic heterocycles. The molecule has 0 saturated carbocycles. The van der Waals surface area contributed by atoms with Gasteiger partial charge in [0.15, 0.2) is 0 Å². The zero-order chi connectivity index (χ0) is 12.8. The van der Waals surface area contributed by atoms with Gasteiger partial charge < -0.3 is 5.32 Å². The molecular weight excluding hydrogens is 240 g/mol. The van der Waals surface area contributed by atoms with Gasteiger partial charge in [-0.3, -0.25) is 0 Å². The van der Waals surface area contributed by atoms with Crippen LogP contribution < -0.4 is 5.32 Å². The number of hydrogen-bond acceptors (Lipinski definition) is 3. The molecule has 94 valence electrons. The summed E-state index contributed by atoms with van der Waals surface area (Å²) in [5.74, 6) is 0. The van der Waals surface area contributed by atoms with Gasteiger partial charge in [-0.2, -0.15) is 0 Å². The molecule has 1 N–H and O–H groups in total. The lowest BCUT2D eigenvalue weighted by atomic mass is 10.2. The Morgan fingerprint density at radius 1 is 1.33 bits per heavy atom. The molecule has 0 bridgehead atoms. The Morgan fingerprint density at radius 3 is 2.78 bits per heavy atom. The number of aromatic nitrogens is 1. The predicted molar refractivity (Wildman–Crippen MR) is 78.7 cm³/mol. The van der Waals surface area contributed by atoms with Gasteiger partial charge in [-0.05, 0) is 19.4 Å². The summed E-state index contributed by atoms with van der Waals surface area (Å²) in [6.45, 7) is 5.03. The maximum absolute atomic E-state index is 4.48. The summed E-state index contributed by atoms with van der Waals surface area (Å²) in [7, 11) is 0. The van der Waals surface area contributed by atoms with Crippen molar-refractivity contribution in [3.63, 3.8) is 0 Å². The molecule has 18 heavy (non-hydrogen) atoms. The van der Waals surface area contributed by atoms with Crippen molar-refractivity contribution in [1.82, 2.24) is 10.3 Å². The third kappa shape index (κ3) is 3.79. The van der Waals surface area contributed by atoms with Crippen LogP contribution in [0, 0.1) is 6.92 Å². The monoisotopic (exact) mass is 258 g/mol. The molecule has 0 fully saturated rings. The Balaban J connectivity index is 1.80. The highest BCUT2D eigenvalue weighted by Gasteiger charge is 2.06. The van der Waals surface area contributed by atoms with Crippen LogP contribution in [0.15, 0.2) is 41.8 Å². The third-order valence-electron chi connectivity index (χ3n) is 2.66. The largest absolute Gasteiger partial charge is 0.305 e. The lowest BCUT2D eigenvalue weighted by Gasteiger charge is -2.08. The number of nitrogens with zero attached hydrogens (tertiary/aromatic N) is 1. The number of benzene rings is 1. The van der Waals surface area contributed by atoms with Crippen LogP contribution >= 0.6 is 11.3 Å². The number of nitrogens with one attached hydrogen (secondary N) is 1. The molecule has 0 radical (unpaired) electrons. The second-order valence-electron chi connectivity index (χ2n) is 4.27. The first-order chi connectivity index (χ1) is 8.75. The van der Waals surface area contributed by atoms with Crippen molar-refractivity contribution in [3.05, 3.63) is 58.1 Å². The van der Waals surface area contributed by atoms with Gasteiger partial charge in [0.2, 0.25) is 0 Å². The van der Waals surface area contributed by atoms with E-state index in [1.165, 1.54) is 5.56 Å². The van der Waals surface area contributed by atoms with Crippen molar-refractivity contribution in [2.24, 2.45) is 0 Å². The van der Waals surface area contributed by atoms with E-state index in [0.717, 1.165) is 17.2 Å². The number of aryl methyl sites for hydroxylation is 1. The summed E-state index contributed by atoms with van der Waals surface area (Å²) >= 11 is 1.71. The molecule has 2 aromatic rings. The Hall–Kier alpha value is -1.45. The minimum Gasteiger partial charge on any atom is -0.305 e. The number of rotatable bonds is 5. The Bertz CT molecular complexity index is 502. The highest BCUT2D eigenvalue weighted by atomic mass is 32.1. The number of thiazole rings is 1. The zero-order valence-corrected chi connectivity index (χ0v) is 11.6. The van der Waals surface area contributed by atoms with Crippen LogP contribution in [-0.2, 0) is 0 Å². The molecule has 1 heterocycles. The minimum absolute atomic E-state index is 0.309. The molecule has 1 atom stereocenters. The Morgan fingerprint density at radius 2 is 2.11 bits per heavy atom. The molecule has 2 rings (SSSR count). The van der Waals surface area contributed by atoms with Crippen LogP contribution in [0.2, 0.25) is 0 Å². The highest BCUT2D eigenvalue weighted by molar-refractivity contribution is 7.09. The fraction of sp³-hybridized carbons (Fsp3) is 0.267. The van der Waals surface area contributed by atoms with Crippen LogP contribution in [0.3, 0.4) is 0 Å². The van der Waals surface area contributed by atoms with E-state index < -0.39 is 0 Å². The van der Waals surface area contributed by atoms with Crippen molar-refractivity contribution < 1.29 is 0 Å². The molecule has 0 aliphatic carbocycles. The quantitative estimate of drug-likeness (QED) is 0.882. The van der Waals surface area contributed by atoms with Gasteiger partial charge in [0.1, 0.15) is 5.01 Å². The van der Waals surface area contributed by atoms with Gasteiger partial charge in [0.05, 0.1) is 6.04 Å². The number of hydrogen-bond donors (Lipinski definition) is 1. The fourth-order valence-electron chi connectivity index (χ4n) is 1.66. The average molecular weight is 258 g/mol. The second kappa shape index (κ2) is 6.47. The maximum atomic E-state index is 4.48. The van der Waals surface area contributed by atoms with Gasteiger partial charge in [-0.25, -0.2) is 4.98 Å². The summed E-state index contributed by atoms with van der Waals surface area (Å²) in [5.41, 5.74) is 2.33. The molecule has 0 amide bonds. The van der Waals surface area contributed by atoms with Crippen molar-refractivity contribution >= 4 is 17.4 Å². The highest BCUT2D eigenvalue weighted by Crippen LogP contribution is 2.16. The van der Waals surface area contributed by atoms with E-state index in [4.69, 9.17) is 0 Å². The van der Waals surface area contributed by atoms with Gasteiger partial charge in [-0.15, -0.1) is 11.3 Å². The average Bonchev–Trinajstić information content (AvgIpc) is 2.82. The van der Waals surface area contributed by atoms with Crippen LogP contribution in [-0.4, -0.2) is 11.5 Å². The molecule has 0 saturated heterocycles. The standard InChI is InChI=1S/C15H18N2S/c1-12-11-18-15(17-12)13(2)16-10-6-9-14-7-4-3-5-8-14/h3-9,11,13,16H,10H2,1-2H3. The minimum atomic E-state index is 0.309. The molecule has 0 spiro atoms. The van der Waals surface area contributed by atoms with E-state index >= 15 is 0 Å². The summed E-state index contributed by atoms with van der Waals surface area (Å²) in [6.07, 6.45) is 4.28. The summed E-state index contributed by atoms with van der Waals surface area (Å²) < 4.78 is 0. The third-order valence-corrected chi connectivity index (χ3v) is 3.80. The van der Waals surface area contributed by atoms with E-state index in [9.17, 15) is 0 Å². The predicted octanol–water partition coefficient (Wildman–Crippen LogP) is 3.82. The Labute approximate surface area is 112 Å². The zero-order valence-electron chi connectivity index (χ0n) is 10.8. The topological polar surface area (TPSA) is 24.9 Å². The SMILES string of the molecule is Cc1csc(C(C)NCC=Cc2ccccc2)n1. The van der Waals surface area contributed by atoms with E-state index in [1.807, 2.05) is 25.1 Å². The first kappa shape index (κ1) is 13.0. The first-order valence-electron chi connectivity index (χ1n) is 6.12. The van der Waals surface area contributed by atoms with Crippen molar-refractivity contribution in [3.8, 4) is 0 Å². The molecule has 0 aliphatic rings. The van der Waals surface area contributed by atoms with Crippen molar-refractivity contribution in [2.45, 2.75) is 19.9 Å². The first-order valence-corrected chi connectivity index (χ1v) is 7.00. The molecule has 1 unspecified atom stereocenters. The maximum Gasteiger partial charge on any atom is 0.110 e. The van der Waals surface area contributed by atoms with Crippen LogP contribution in [0.5, 0.6) is 0 Å². The van der Waals surface area contributed by atoms with Crippen molar-refractivity contribution in [2.75, 3.05) is 6.54 Å². The summed E-state index contributed by atoms with van der Waals surface area (Å²) in [6, 6.07) is 10.6. The van der Waals surface area contributed by atoms with Gasteiger partial charge in [0, 0.05) is 17.6 Å². The summed E-state index contributed by atoms with van der Waals surface area (Å²) in [5, 5.41) is 6.69. The molecule has 1 aromatic carbocycles. The van der Waals surface area contributed by atoms with Crippen LogP contribution in [0.25, 0.3) is 6.08 Å². The molecular formula is C15H18N2S. The normalized spacial score (nSPS) is 13.0. The summed E-state index contributed by atoms with van der Waals surface area (Å²) in [4.78, 5) is 4.48. The lowest BCUT2D eigenvalue weighted by molar-refractivity contribution is 0.613. The van der Waals surface area contributed by atoms with Crippen LogP contribution in [0.4, 0.5) is 0 Å². The Kier molecular flexibility index (Phi) is 4.67. The van der Waals surface area contributed by atoms with E-state index in [0.29, 0.717) is 6.04 Å². The van der Waals surface area contributed by atoms with E-state index in [2.05, 4.69) is 46.9 Å². The smallest absolute Gasteiger partial charge is 0.110 e. The van der Waals surface area contributed by atoms with Gasteiger partial charge >= 0.3 is 0 Å². The van der Waals surface area contributed by atoms with Gasteiger partial charge in [-0.1, -0.05) is 42.5 Å². The van der Waals surface area contributed by atoms with Crippen molar-refractivity contribution in [1.29, 1.82) is 0 Å². The fourth-order valence-corrected chi connectivity index (χ4v) is 2.49. The molecule has 3 heteroatoms. The van der Waals surface area contributed by atoms with E-state index in [-0.39, 0.29) is 0 Å². The van der Waals surface area contributed by atoms with E-state index in [1.54, 1.807) is 11.3 Å². The molecule has 2 nitrogen and oxygen atoms in total. The molecule has 0 aliphatic heterocycles. The van der Waals surface area contributed by atoms with Gasteiger partial charge in [0.25, 0.3) is 0 Å².